The Kier molecular flexibility index (Phi) is 2.70. The Labute approximate surface area is 115 Å². The highest BCUT2D eigenvalue weighted by molar-refractivity contribution is 5.94. The van der Waals surface area contributed by atoms with E-state index in [9.17, 15) is 4.79 Å². The maximum Gasteiger partial charge on any atom is 0.255 e. The molecular weight excluding hydrogens is 236 g/mol. The lowest BCUT2D eigenvalue weighted by Gasteiger charge is -2.39. The summed E-state index contributed by atoms with van der Waals surface area (Å²) in [5, 5.41) is 0. The zero-order valence-electron chi connectivity index (χ0n) is 12.0. The molecular formula is C16H22N2O. The number of carbonyl (C=O) groups excluding carboxylic acids is 1. The summed E-state index contributed by atoms with van der Waals surface area (Å²) in [4.78, 5) is 18.8. The van der Waals surface area contributed by atoms with Crippen LogP contribution in [0.5, 0.6) is 0 Å². The molecule has 1 aromatic heterocycles. The number of pyridine rings is 1. The Morgan fingerprint density at radius 2 is 2.16 bits per heavy atom. The maximum absolute atomic E-state index is 12.6. The summed E-state index contributed by atoms with van der Waals surface area (Å²) in [6.07, 6.45) is 6.88. The summed E-state index contributed by atoms with van der Waals surface area (Å²) in [6.45, 7) is 7.89. The highest BCUT2D eigenvalue weighted by Crippen LogP contribution is 2.52. The number of amides is 1. The number of rotatable bonds is 1. The summed E-state index contributed by atoms with van der Waals surface area (Å²) in [5.74, 6) is 0.152. The van der Waals surface area contributed by atoms with Crippen LogP contribution in [0.15, 0.2) is 24.5 Å². The van der Waals surface area contributed by atoms with Crippen molar-refractivity contribution in [3.8, 4) is 0 Å². The SMILES string of the molecule is CC1(C)C[C@H]2C[C@@](C)(CN2C(=O)c2cccnc2)C1. The van der Waals surface area contributed by atoms with Crippen molar-refractivity contribution in [3.63, 3.8) is 0 Å². The Morgan fingerprint density at radius 1 is 1.37 bits per heavy atom. The average molecular weight is 258 g/mol. The predicted molar refractivity (Wildman–Crippen MR) is 74.8 cm³/mol. The summed E-state index contributed by atoms with van der Waals surface area (Å²) < 4.78 is 0. The van der Waals surface area contributed by atoms with Crippen molar-refractivity contribution in [3.05, 3.63) is 30.1 Å². The predicted octanol–water partition coefficient (Wildman–Crippen LogP) is 3.12. The molecule has 2 heterocycles. The molecule has 1 amide bonds. The minimum atomic E-state index is 0.152. The summed E-state index contributed by atoms with van der Waals surface area (Å²) >= 11 is 0. The number of nitrogens with zero attached hydrogens (tertiary/aromatic N) is 2. The minimum Gasteiger partial charge on any atom is -0.335 e. The summed E-state index contributed by atoms with van der Waals surface area (Å²) in [5.41, 5.74) is 1.36. The van der Waals surface area contributed by atoms with Gasteiger partial charge in [-0.2, -0.15) is 0 Å². The normalized spacial score (nSPS) is 32.4. The third kappa shape index (κ3) is 2.26. The van der Waals surface area contributed by atoms with Crippen molar-refractivity contribution in [2.24, 2.45) is 10.8 Å². The van der Waals surface area contributed by atoms with Gasteiger partial charge in [-0.3, -0.25) is 9.78 Å². The number of hydrogen-bond donors (Lipinski definition) is 0. The molecule has 2 fully saturated rings. The van der Waals surface area contributed by atoms with E-state index < -0.39 is 0 Å². The molecule has 0 unspecified atom stereocenters. The first-order valence-electron chi connectivity index (χ1n) is 7.10. The number of carbonyl (C=O) groups is 1. The monoisotopic (exact) mass is 258 g/mol. The second kappa shape index (κ2) is 4.06. The van der Waals surface area contributed by atoms with E-state index in [1.54, 1.807) is 12.4 Å². The van der Waals surface area contributed by atoms with E-state index in [2.05, 4.69) is 30.7 Å². The molecule has 102 valence electrons. The van der Waals surface area contributed by atoms with Crippen LogP contribution in [0, 0.1) is 10.8 Å². The Balaban J connectivity index is 1.86. The van der Waals surface area contributed by atoms with Gasteiger partial charge in [0.15, 0.2) is 0 Å². The van der Waals surface area contributed by atoms with Crippen LogP contribution in [0.4, 0.5) is 0 Å². The number of likely N-dealkylation sites (tertiary alicyclic amines) is 1. The molecule has 3 nitrogen and oxygen atoms in total. The summed E-state index contributed by atoms with van der Waals surface area (Å²) in [6, 6.07) is 4.10. The second-order valence-corrected chi connectivity index (χ2v) is 7.39. The lowest BCUT2D eigenvalue weighted by Crippen LogP contribution is -2.37. The molecule has 3 rings (SSSR count). The van der Waals surface area contributed by atoms with Crippen molar-refractivity contribution >= 4 is 5.91 Å². The van der Waals surface area contributed by atoms with E-state index in [0.29, 0.717) is 16.9 Å². The summed E-state index contributed by atoms with van der Waals surface area (Å²) in [7, 11) is 0. The topological polar surface area (TPSA) is 33.2 Å². The van der Waals surface area contributed by atoms with Gasteiger partial charge in [-0.05, 0) is 42.2 Å². The molecule has 0 aromatic carbocycles. The fourth-order valence-electron chi connectivity index (χ4n) is 4.35. The molecule has 1 aromatic rings. The van der Waals surface area contributed by atoms with Crippen molar-refractivity contribution in [2.75, 3.05) is 6.54 Å². The molecule has 2 aliphatic rings. The highest BCUT2D eigenvalue weighted by Gasteiger charge is 2.50. The van der Waals surface area contributed by atoms with Gasteiger partial charge in [0.2, 0.25) is 0 Å². The minimum absolute atomic E-state index is 0.152. The lowest BCUT2D eigenvalue weighted by molar-refractivity contribution is 0.0708. The molecule has 0 N–H and O–H groups in total. The van der Waals surface area contributed by atoms with E-state index in [4.69, 9.17) is 0 Å². The Morgan fingerprint density at radius 3 is 2.84 bits per heavy atom. The number of fused-ring (bicyclic) bond motifs is 2. The second-order valence-electron chi connectivity index (χ2n) is 7.39. The molecule has 1 saturated carbocycles. The molecule has 1 aliphatic heterocycles. The molecule has 2 bridgehead atoms. The molecule has 1 aliphatic carbocycles. The van der Waals surface area contributed by atoms with E-state index in [0.717, 1.165) is 24.9 Å². The molecule has 1 saturated heterocycles. The van der Waals surface area contributed by atoms with Crippen LogP contribution >= 0.6 is 0 Å². The van der Waals surface area contributed by atoms with Crippen molar-refractivity contribution < 1.29 is 4.79 Å². The van der Waals surface area contributed by atoms with Crippen LogP contribution in [0.1, 0.15) is 50.4 Å². The zero-order chi connectivity index (χ0) is 13.7. The van der Waals surface area contributed by atoms with Gasteiger partial charge in [-0.25, -0.2) is 0 Å². The Hall–Kier alpha value is -1.38. The first-order valence-corrected chi connectivity index (χ1v) is 7.10. The van der Waals surface area contributed by atoms with Crippen molar-refractivity contribution in [2.45, 2.75) is 46.1 Å². The molecule has 0 spiro atoms. The van der Waals surface area contributed by atoms with Crippen LogP contribution in [0.2, 0.25) is 0 Å². The largest absolute Gasteiger partial charge is 0.335 e. The highest BCUT2D eigenvalue weighted by atomic mass is 16.2. The van der Waals surface area contributed by atoms with Gasteiger partial charge in [0.1, 0.15) is 0 Å². The molecule has 0 radical (unpaired) electrons. The average Bonchev–Trinajstić information content (AvgIpc) is 2.59. The van der Waals surface area contributed by atoms with Crippen LogP contribution in [0.25, 0.3) is 0 Å². The third-order valence-electron chi connectivity index (χ3n) is 4.58. The van der Waals surface area contributed by atoms with Gasteiger partial charge < -0.3 is 4.90 Å². The quantitative estimate of drug-likeness (QED) is 0.775. The van der Waals surface area contributed by atoms with Crippen molar-refractivity contribution in [1.82, 2.24) is 9.88 Å². The van der Waals surface area contributed by atoms with Crippen LogP contribution in [-0.2, 0) is 0 Å². The van der Waals surface area contributed by atoms with E-state index in [-0.39, 0.29) is 5.91 Å². The molecule has 2 atom stereocenters. The molecule has 19 heavy (non-hydrogen) atoms. The number of hydrogen-bond acceptors (Lipinski definition) is 2. The molecule has 3 heteroatoms. The first kappa shape index (κ1) is 12.6. The van der Waals surface area contributed by atoms with Crippen molar-refractivity contribution in [1.29, 1.82) is 0 Å². The van der Waals surface area contributed by atoms with Crippen LogP contribution in [-0.4, -0.2) is 28.4 Å². The van der Waals surface area contributed by atoms with E-state index in [1.165, 1.54) is 6.42 Å². The van der Waals surface area contributed by atoms with E-state index >= 15 is 0 Å². The standard InChI is InChI=1S/C16H22N2O/c1-15(2)7-13-8-16(3,10-15)11-18(13)14(19)12-5-4-6-17-9-12/h4-6,9,13H,7-8,10-11H2,1-3H3/t13-,16+/m0/s1. The van der Waals surface area contributed by atoms with Gasteiger partial charge in [-0.1, -0.05) is 20.8 Å². The van der Waals surface area contributed by atoms with Gasteiger partial charge in [0.05, 0.1) is 5.56 Å². The number of aromatic nitrogens is 1. The fraction of sp³-hybridized carbons (Fsp3) is 0.625. The maximum atomic E-state index is 12.6. The zero-order valence-corrected chi connectivity index (χ0v) is 12.0. The third-order valence-corrected chi connectivity index (χ3v) is 4.58. The van der Waals surface area contributed by atoms with Crippen LogP contribution in [0.3, 0.4) is 0 Å². The fourth-order valence-corrected chi connectivity index (χ4v) is 4.35. The van der Waals surface area contributed by atoms with Gasteiger partial charge in [0, 0.05) is 25.0 Å². The lowest BCUT2D eigenvalue weighted by atomic mass is 9.65. The van der Waals surface area contributed by atoms with Gasteiger partial charge in [-0.15, -0.1) is 0 Å². The smallest absolute Gasteiger partial charge is 0.255 e. The van der Waals surface area contributed by atoms with Crippen LogP contribution < -0.4 is 0 Å². The Bertz CT molecular complexity index is 497. The van der Waals surface area contributed by atoms with E-state index in [1.807, 2.05) is 12.1 Å². The van der Waals surface area contributed by atoms with Gasteiger partial charge in [0.25, 0.3) is 5.91 Å². The van der Waals surface area contributed by atoms with Gasteiger partial charge >= 0.3 is 0 Å². The first-order chi connectivity index (χ1) is 8.89.